The number of hydrogen-bond donors (Lipinski definition) is 1. The second-order valence-electron chi connectivity index (χ2n) is 4.25. The van der Waals surface area contributed by atoms with Crippen LogP contribution in [0.3, 0.4) is 0 Å². The van der Waals surface area contributed by atoms with Gasteiger partial charge < -0.3 is 14.8 Å². The molecule has 1 rings (SSSR count). The monoisotopic (exact) mass is 283 g/mol. The number of carbonyl (C=O) groups excluding carboxylic acids is 2. The van der Waals surface area contributed by atoms with E-state index in [9.17, 15) is 14.0 Å². The third-order valence-electron chi connectivity index (χ3n) is 2.62. The second kappa shape index (κ2) is 7.59. The molecule has 0 spiro atoms. The molecule has 1 N–H and O–H groups in total. The van der Waals surface area contributed by atoms with Gasteiger partial charge >= 0.3 is 0 Å². The predicted octanol–water partition coefficient (Wildman–Crippen LogP) is 1.56. The van der Waals surface area contributed by atoms with Gasteiger partial charge in [0.25, 0.3) is 5.91 Å². The van der Waals surface area contributed by atoms with Crippen molar-refractivity contribution in [1.82, 2.24) is 5.32 Å². The maximum atomic E-state index is 13.7. The van der Waals surface area contributed by atoms with Crippen LogP contribution in [-0.4, -0.2) is 38.1 Å². The molecule has 0 saturated heterocycles. The lowest BCUT2D eigenvalue weighted by molar-refractivity contribution is -0.127. The molecule has 0 bridgehead atoms. The summed E-state index contributed by atoms with van der Waals surface area (Å²) in [5, 5.41) is 2.59. The van der Waals surface area contributed by atoms with Gasteiger partial charge in [0.15, 0.2) is 23.5 Å². The van der Waals surface area contributed by atoms with Crippen molar-refractivity contribution < 1.29 is 23.5 Å². The van der Waals surface area contributed by atoms with Crippen LogP contribution >= 0.6 is 0 Å². The van der Waals surface area contributed by atoms with E-state index in [0.29, 0.717) is 13.2 Å². The summed E-state index contributed by atoms with van der Waals surface area (Å²) in [7, 11) is 1.53. The summed E-state index contributed by atoms with van der Waals surface area (Å²) in [6.45, 7) is 3.61. The number of nitrogens with one attached hydrogen (secondary N) is 1. The first kappa shape index (κ1) is 16.1. The highest BCUT2D eigenvalue weighted by Crippen LogP contribution is 2.20. The summed E-state index contributed by atoms with van der Waals surface area (Å²) in [5.74, 6) is -1.34. The second-order valence-corrected chi connectivity index (χ2v) is 4.25. The maximum absolute atomic E-state index is 13.7. The Bertz CT molecular complexity index is 490. The fourth-order valence-electron chi connectivity index (χ4n) is 1.48. The molecule has 0 saturated carbocycles. The van der Waals surface area contributed by atoms with Crippen LogP contribution < -0.4 is 10.1 Å². The van der Waals surface area contributed by atoms with Crippen molar-refractivity contribution in [3.63, 3.8) is 0 Å². The lowest BCUT2D eigenvalue weighted by Gasteiger charge is -2.15. The zero-order valence-corrected chi connectivity index (χ0v) is 11.7. The maximum Gasteiger partial charge on any atom is 0.260 e. The lowest BCUT2D eigenvalue weighted by atomic mass is 10.1. The molecule has 1 aromatic rings. The van der Waals surface area contributed by atoms with E-state index < -0.39 is 11.9 Å². The lowest BCUT2D eigenvalue weighted by Crippen LogP contribution is -2.38. The van der Waals surface area contributed by atoms with Gasteiger partial charge in [0.1, 0.15) is 0 Å². The molecule has 1 amide bonds. The quantitative estimate of drug-likeness (QED) is 0.609. The number of rotatable bonds is 7. The van der Waals surface area contributed by atoms with Crippen molar-refractivity contribution in [3.8, 4) is 5.75 Å². The Labute approximate surface area is 117 Å². The van der Waals surface area contributed by atoms with E-state index in [1.54, 1.807) is 0 Å². The molecule has 1 atom stereocenters. The van der Waals surface area contributed by atoms with Crippen LogP contribution in [0.1, 0.15) is 24.2 Å². The number of ketones is 1. The average Bonchev–Trinajstić information content (AvgIpc) is 2.40. The molecule has 1 unspecified atom stereocenters. The Kier molecular flexibility index (Phi) is 6.11. The molecule has 6 heteroatoms. The van der Waals surface area contributed by atoms with Gasteiger partial charge in [-0.1, -0.05) is 0 Å². The largest absolute Gasteiger partial charge is 0.478 e. The van der Waals surface area contributed by atoms with E-state index in [-0.39, 0.29) is 23.0 Å². The molecule has 1 aromatic carbocycles. The highest BCUT2D eigenvalue weighted by Gasteiger charge is 2.16. The van der Waals surface area contributed by atoms with Crippen LogP contribution in [0.2, 0.25) is 0 Å². The molecule has 0 fully saturated rings. The van der Waals surface area contributed by atoms with E-state index in [1.807, 2.05) is 0 Å². The van der Waals surface area contributed by atoms with Gasteiger partial charge in [-0.05, 0) is 32.0 Å². The number of ether oxygens (including phenoxy) is 2. The Hall–Kier alpha value is -1.95. The van der Waals surface area contributed by atoms with E-state index in [0.717, 1.165) is 6.07 Å². The number of hydrogen-bond acceptors (Lipinski definition) is 4. The van der Waals surface area contributed by atoms with Gasteiger partial charge in [0, 0.05) is 19.2 Å². The standard InChI is InChI=1S/C14H18FNO4/c1-9(17)11-4-5-13(12(15)8-11)20-10(2)14(18)16-6-7-19-3/h4-5,8,10H,6-7H2,1-3H3,(H,16,18). The van der Waals surface area contributed by atoms with Gasteiger partial charge in [0.05, 0.1) is 6.61 Å². The highest BCUT2D eigenvalue weighted by atomic mass is 19.1. The zero-order valence-electron chi connectivity index (χ0n) is 11.7. The fraction of sp³-hybridized carbons (Fsp3) is 0.429. The topological polar surface area (TPSA) is 64.6 Å². The Morgan fingerprint density at radius 1 is 1.40 bits per heavy atom. The van der Waals surface area contributed by atoms with Gasteiger partial charge in [-0.2, -0.15) is 0 Å². The molecule has 0 aliphatic heterocycles. The van der Waals surface area contributed by atoms with Crippen LogP contribution in [0.5, 0.6) is 5.75 Å². The minimum atomic E-state index is -0.843. The van der Waals surface area contributed by atoms with Gasteiger partial charge in [-0.3, -0.25) is 9.59 Å². The normalized spacial score (nSPS) is 11.8. The van der Waals surface area contributed by atoms with Crippen molar-refractivity contribution in [1.29, 1.82) is 0 Å². The molecule has 20 heavy (non-hydrogen) atoms. The van der Waals surface area contributed by atoms with Crippen LogP contribution in [0.4, 0.5) is 4.39 Å². The van der Waals surface area contributed by atoms with Crippen molar-refractivity contribution >= 4 is 11.7 Å². The van der Waals surface area contributed by atoms with Crippen LogP contribution in [0.25, 0.3) is 0 Å². The molecular formula is C14H18FNO4. The summed E-state index contributed by atoms with van der Waals surface area (Å²) in [6.07, 6.45) is -0.843. The first-order valence-corrected chi connectivity index (χ1v) is 6.19. The first-order chi connectivity index (χ1) is 9.45. The van der Waals surface area contributed by atoms with Crippen molar-refractivity contribution in [2.75, 3.05) is 20.3 Å². The smallest absolute Gasteiger partial charge is 0.260 e. The molecule has 0 aromatic heterocycles. The Morgan fingerprint density at radius 2 is 2.10 bits per heavy atom. The molecule has 110 valence electrons. The molecular weight excluding hydrogens is 265 g/mol. The first-order valence-electron chi connectivity index (χ1n) is 6.19. The van der Waals surface area contributed by atoms with Gasteiger partial charge in [-0.15, -0.1) is 0 Å². The molecule has 0 aliphatic rings. The number of benzene rings is 1. The summed E-state index contributed by atoms with van der Waals surface area (Å²) in [4.78, 5) is 22.7. The molecule has 0 aliphatic carbocycles. The van der Waals surface area contributed by atoms with E-state index in [2.05, 4.69) is 5.32 Å². The summed E-state index contributed by atoms with van der Waals surface area (Å²) in [5.41, 5.74) is 0.257. The molecule has 5 nitrogen and oxygen atoms in total. The third-order valence-corrected chi connectivity index (χ3v) is 2.62. The molecule has 0 radical (unpaired) electrons. The predicted molar refractivity (Wildman–Crippen MR) is 71.4 cm³/mol. The number of halogens is 1. The summed E-state index contributed by atoms with van der Waals surface area (Å²) in [6, 6.07) is 3.88. The van der Waals surface area contributed by atoms with E-state index in [4.69, 9.17) is 9.47 Å². The Morgan fingerprint density at radius 3 is 2.65 bits per heavy atom. The number of methoxy groups -OCH3 is 1. The fourth-order valence-corrected chi connectivity index (χ4v) is 1.48. The van der Waals surface area contributed by atoms with E-state index in [1.165, 1.54) is 33.1 Å². The summed E-state index contributed by atoms with van der Waals surface area (Å²) >= 11 is 0. The van der Waals surface area contributed by atoms with Crippen molar-refractivity contribution in [2.45, 2.75) is 20.0 Å². The summed E-state index contributed by atoms with van der Waals surface area (Å²) < 4.78 is 23.7. The van der Waals surface area contributed by atoms with Crippen LogP contribution in [0, 0.1) is 5.82 Å². The SMILES string of the molecule is COCCNC(=O)C(C)Oc1ccc(C(C)=O)cc1F. The van der Waals surface area contributed by atoms with Crippen LogP contribution in [-0.2, 0) is 9.53 Å². The van der Waals surface area contributed by atoms with Crippen molar-refractivity contribution in [3.05, 3.63) is 29.6 Å². The minimum absolute atomic E-state index is 0.0654. The van der Waals surface area contributed by atoms with E-state index >= 15 is 0 Å². The van der Waals surface area contributed by atoms with Gasteiger partial charge in [0.2, 0.25) is 0 Å². The average molecular weight is 283 g/mol. The van der Waals surface area contributed by atoms with Crippen molar-refractivity contribution in [2.24, 2.45) is 0 Å². The highest BCUT2D eigenvalue weighted by molar-refractivity contribution is 5.94. The number of amides is 1. The van der Waals surface area contributed by atoms with Gasteiger partial charge in [-0.25, -0.2) is 4.39 Å². The third kappa shape index (κ3) is 4.62. The molecule has 0 heterocycles. The number of carbonyl (C=O) groups is 2. The van der Waals surface area contributed by atoms with Crippen LogP contribution in [0.15, 0.2) is 18.2 Å². The number of Topliss-reactive ketones (excluding diaryl/α,β-unsaturated/α-hetero) is 1. The Balaban J connectivity index is 2.63. The zero-order chi connectivity index (χ0) is 15.1. The minimum Gasteiger partial charge on any atom is -0.478 e.